The molecule has 42 heavy (non-hydrogen) atoms. The number of sulfone groups is 1. The third-order valence-corrected chi connectivity index (χ3v) is 7.07. The molecular formula is C29H27F2N7O3S. The van der Waals surface area contributed by atoms with Crippen molar-refractivity contribution in [1.82, 2.24) is 24.8 Å². The summed E-state index contributed by atoms with van der Waals surface area (Å²) < 4.78 is 52.4. The lowest BCUT2D eigenvalue weighted by atomic mass is 10.1. The van der Waals surface area contributed by atoms with Crippen LogP contribution < -0.4 is 16.0 Å². The van der Waals surface area contributed by atoms with Gasteiger partial charge in [0.2, 0.25) is 17.8 Å². The number of imidazole rings is 1. The number of rotatable bonds is 11. The summed E-state index contributed by atoms with van der Waals surface area (Å²) in [5.74, 6) is -2.00. The fourth-order valence-electron chi connectivity index (χ4n) is 4.32. The Morgan fingerprint density at radius 3 is 2.52 bits per heavy atom. The van der Waals surface area contributed by atoms with E-state index in [1.807, 2.05) is 24.3 Å². The number of hydrogen-bond donors (Lipinski definition) is 3. The van der Waals surface area contributed by atoms with Crippen molar-refractivity contribution in [1.29, 1.82) is 0 Å². The third kappa shape index (κ3) is 7.30. The predicted octanol–water partition coefficient (Wildman–Crippen LogP) is 4.32. The molecule has 0 spiro atoms. The lowest BCUT2D eigenvalue weighted by Gasteiger charge is -2.12. The highest BCUT2D eigenvalue weighted by Crippen LogP contribution is 2.20. The van der Waals surface area contributed by atoms with Crippen LogP contribution in [0.2, 0.25) is 0 Å². The van der Waals surface area contributed by atoms with Gasteiger partial charge >= 0.3 is 0 Å². The number of benzene rings is 3. The van der Waals surface area contributed by atoms with Gasteiger partial charge < -0.3 is 5.32 Å². The molecule has 0 radical (unpaired) electrons. The molecule has 5 aromatic rings. The zero-order valence-corrected chi connectivity index (χ0v) is 23.3. The molecule has 0 saturated heterocycles. The average Bonchev–Trinajstić information content (AvgIpc) is 3.28. The first kappa shape index (κ1) is 28.8. The van der Waals surface area contributed by atoms with E-state index in [1.54, 1.807) is 41.1 Å². The van der Waals surface area contributed by atoms with Crippen molar-refractivity contribution in [3.8, 4) is 0 Å². The summed E-state index contributed by atoms with van der Waals surface area (Å²) >= 11 is 0. The molecule has 5 rings (SSSR count). The van der Waals surface area contributed by atoms with E-state index in [0.717, 1.165) is 11.6 Å². The Morgan fingerprint density at radius 2 is 1.74 bits per heavy atom. The minimum atomic E-state index is -3.12. The molecule has 0 saturated carbocycles. The van der Waals surface area contributed by atoms with Gasteiger partial charge in [-0.1, -0.05) is 36.4 Å². The number of carbonyl (C=O) groups excluding carboxylic acids is 1. The van der Waals surface area contributed by atoms with Crippen molar-refractivity contribution in [2.24, 2.45) is 0 Å². The lowest BCUT2D eigenvalue weighted by molar-refractivity contribution is -0.115. The van der Waals surface area contributed by atoms with Crippen LogP contribution in [-0.4, -0.2) is 40.1 Å². The van der Waals surface area contributed by atoms with E-state index in [2.05, 4.69) is 30.9 Å². The molecule has 10 nitrogen and oxygen atoms in total. The smallest absolute Gasteiger partial charge is 0.231 e. The monoisotopic (exact) mass is 591 g/mol. The number of anilines is 3. The summed E-state index contributed by atoms with van der Waals surface area (Å²) in [5, 5.41) is 9.10. The average molecular weight is 592 g/mol. The topological polar surface area (TPSA) is 131 Å². The van der Waals surface area contributed by atoms with Crippen LogP contribution in [0.5, 0.6) is 0 Å². The number of amides is 1. The van der Waals surface area contributed by atoms with Gasteiger partial charge in [0.25, 0.3) is 0 Å². The number of nitrogens with zero attached hydrogens (tertiary/aromatic N) is 4. The number of hydrogen-bond acceptors (Lipinski definition) is 8. The number of para-hydroxylation sites is 2. The summed E-state index contributed by atoms with van der Waals surface area (Å²) in [6, 6.07) is 19.8. The van der Waals surface area contributed by atoms with E-state index in [9.17, 15) is 22.0 Å². The summed E-state index contributed by atoms with van der Waals surface area (Å²) in [4.78, 5) is 26.0. The van der Waals surface area contributed by atoms with E-state index in [4.69, 9.17) is 0 Å². The highest BCUT2D eigenvalue weighted by atomic mass is 32.2. The quantitative estimate of drug-likeness (QED) is 0.207. The maximum absolute atomic E-state index is 14.1. The Labute approximate surface area is 240 Å². The minimum Gasteiger partial charge on any atom is -0.324 e. The zero-order chi connectivity index (χ0) is 29.7. The molecule has 216 valence electrons. The molecule has 3 N–H and O–H groups in total. The number of nitrogens with one attached hydrogen (secondary N) is 3. The minimum absolute atomic E-state index is 0.0336. The normalized spacial score (nSPS) is 11.5. The van der Waals surface area contributed by atoms with Crippen LogP contribution in [0.1, 0.15) is 16.8 Å². The van der Waals surface area contributed by atoms with E-state index >= 15 is 0 Å². The van der Waals surface area contributed by atoms with Gasteiger partial charge in [0.15, 0.2) is 21.5 Å². The van der Waals surface area contributed by atoms with Crippen molar-refractivity contribution in [2.75, 3.05) is 16.9 Å². The highest BCUT2D eigenvalue weighted by molar-refractivity contribution is 7.89. The SMILES string of the molecule is CS(=O)(=O)Cc1ccc(Nc2nccc(CNCn3c(NC(=O)Cc4cccc(F)c4F)nc4ccccc43)n2)cc1. The number of aromatic nitrogens is 4. The molecule has 0 atom stereocenters. The van der Waals surface area contributed by atoms with Crippen LogP contribution in [-0.2, 0) is 40.0 Å². The van der Waals surface area contributed by atoms with Crippen molar-refractivity contribution in [3.05, 3.63) is 107 Å². The van der Waals surface area contributed by atoms with Crippen LogP contribution in [0.4, 0.5) is 26.4 Å². The first-order valence-corrected chi connectivity index (χ1v) is 14.9. The third-order valence-electron chi connectivity index (χ3n) is 6.22. The van der Waals surface area contributed by atoms with E-state index in [0.29, 0.717) is 35.0 Å². The number of fused-ring (bicyclic) bond motifs is 1. The molecule has 0 aliphatic heterocycles. The van der Waals surface area contributed by atoms with Crippen LogP contribution >= 0.6 is 0 Å². The van der Waals surface area contributed by atoms with Gasteiger partial charge in [-0.2, -0.15) is 0 Å². The van der Waals surface area contributed by atoms with Gasteiger partial charge in [-0.05, 0) is 42.0 Å². The molecule has 0 aliphatic rings. The molecule has 2 aromatic heterocycles. The molecule has 0 unspecified atom stereocenters. The molecule has 0 bridgehead atoms. The maximum atomic E-state index is 14.1. The van der Waals surface area contributed by atoms with Gasteiger partial charge in [-0.3, -0.25) is 20.0 Å². The van der Waals surface area contributed by atoms with Crippen molar-refractivity contribution in [2.45, 2.75) is 25.4 Å². The Hall–Kier alpha value is -4.75. The van der Waals surface area contributed by atoms with Gasteiger partial charge in [0.05, 0.1) is 35.6 Å². The maximum Gasteiger partial charge on any atom is 0.231 e. The second-order valence-corrected chi connectivity index (χ2v) is 11.8. The van der Waals surface area contributed by atoms with E-state index in [1.165, 1.54) is 18.4 Å². The molecule has 3 aromatic carbocycles. The zero-order valence-electron chi connectivity index (χ0n) is 22.5. The van der Waals surface area contributed by atoms with Gasteiger partial charge in [0.1, 0.15) is 0 Å². The Kier molecular flexibility index (Phi) is 8.50. The summed E-state index contributed by atoms with van der Waals surface area (Å²) in [6.07, 6.45) is 2.46. The van der Waals surface area contributed by atoms with Gasteiger partial charge in [-0.15, -0.1) is 0 Å². The molecular weight excluding hydrogens is 564 g/mol. The fourth-order valence-corrected chi connectivity index (χ4v) is 5.12. The summed E-state index contributed by atoms with van der Waals surface area (Å²) in [7, 11) is -3.12. The molecule has 0 aliphatic carbocycles. The van der Waals surface area contributed by atoms with Crippen molar-refractivity contribution < 1.29 is 22.0 Å². The van der Waals surface area contributed by atoms with Crippen LogP contribution in [0.25, 0.3) is 11.0 Å². The second kappa shape index (κ2) is 12.4. The standard InChI is InChI=1S/C29H27F2N7O3S/c1-42(40,41)17-19-9-11-21(12-10-19)34-28-33-14-13-22(35-28)16-32-18-38-25-8-3-2-7-24(25)36-29(38)37-26(39)15-20-5-4-6-23(30)27(20)31/h2-14,32H,15-18H2,1H3,(H,33,34,35)(H,36,37,39). The number of carbonyl (C=O) groups is 1. The van der Waals surface area contributed by atoms with Crippen LogP contribution in [0.3, 0.4) is 0 Å². The highest BCUT2D eigenvalue weighted by Gasteiger charge is 2.16. The molecule has 1 amide bonds. The largest absolute Gasteiger partial charge is 0.324 e. The van der Waals surface area contributed by atoms with Gasteiger partial charge in [0, 0.05) is 30.2 Å². The predicted molar refractivity (Wildman–Crippen MR) is 156 cm³/mol. The molecule has 2 heterocycles. The summed E-state index contributed by atoms with van der Waals surface area (Å²) in [5.41, 5.74) is 3.46. The lowest BCUT2D eigenvalue weighted by Crippen LogP contribution is -2.23. The summed E-state index contributed by atoms with van der Waals surface area (Å²) in [6.45, 7) is 0.623. The Balaban J connectivity index is 1.24. The number of halogens is 2. The first-order chi connectivity index (χ1) is 20.1. The van der Waals surface area contributed by atoms with Crippen LogP contribution in [0, 0.1) is 11.6 Å². The Morgan fingerprint density at radius 1 is 0.952 bits per heavy atom. The fraction of sp³-hybridized carbons (Fsp3) is 0.172. The van der Waals surface area contributed by atoms with E-state index < -0.39 is 27.4 Å². The molecule has 13 heteroatoms. The van der Waals surface area contributed by atoms with Gasteiger partial charge in [-0.25, -0.2) is 32.2 Å². The molecule has 0 fully saturated rings. The second-order valence-electron chi connectivity index (χ2n) is 9.64. The van der Waals surface area contributed by atoms with Crippen LogP contribution in [0.15, 0.2) is 79.0 Å². The van der Waals surface area contributed by atoms with Crippen molar-refractivity contribution >= 4 is 44.4 Å². The van der Waals surface area contributed by atoms with E-state index in [-0.39, 0.29) is 30.4 Å². The first-order valence-electron chi connectivity index (χ1n) is 12.9. The van der Waals surface area contributed by atoms with Crippen molar-refractivity contribution in [3.63, 3.8) is 0 Å². The Bertz CT molecular complexity index is 1840.